The Bertz CT molecular complexity index is 496. The lowest BCUT2D eigenvalue weighted by molar-refractivity contribution is -0.130. The highest BCUT2D eigenvalue weighted by molar-refractivity contribution is 6.08. The second kappa shape index (κ2) is 4.13. The monoisotopic (exact) mass is 230 g/mol. The van der Waals surface area contributed by atoms with Gasteiger partial charge in [-0.3, -0.25) is 4.98 Å². The van der Waals surface area contributed by atoms with Gasteiger partial charge in [0, 0.05) is 11.6 Å². The van der Waals surface area contributed by atoms with E-state index in [0.29, 0.717) is 17.3 Å². The summed E-state index contributed by atoms with van der Waals surface area (Å²) in [5.41, 5.74) is 0.724. The molecule has 0 saturated heterocycles. The van der Waals surface area contributed by atoms with Crippen LogP contribution in [0.15, 0.2) is 35.1 Å². The summed E-state index contributed by atoms with van der Waals surface area (Å²) in [6.07, 6.45) is 3.29. The Hall–Kier alpha value is -1.97. The van der Waals surface area contributed by atoms with Crippen molar-refractivity contribution in [2.24, 2.45) is 10.4 Å². The molecule has 0 radical (unpaired) electrons. The Morgan fingerprint density at radius 1 is 1.29 bits per heavy atom. The molecule has 0 unspecified atom stereocenters. The summed E-state index contributed by atoms with van der Waals surface area (Å²) in [5, 5.41) is 0. The second-order valence-electron chi connectivity index (χ2n) is 4.84. The van der Waals surface area contributed by atoms with Gasteiger partial charge < -0.3 is 4.74 Å². The molecule has 1 aliphatic rings. The van der Waals surface area contributed by atoms with E-state index in [1.807, 2.05) is 39.0 Å². The Balaban J connectivity index is 2.32. The molecule has 88 valence electrons. The number of hydrogen-bond donors (Lipinski definition) is 0. The molecule has 4 heteroatoms. The van der Waals surface area contributed by atoms with Gasteiger partial charge in [-0.15, -0.1) is 0 Å². The summed E-state index contributed by atoms with van der Waals surface area (Å²) in [4.78, 5) is 19.9. The fraction of sp³-hybridized carbons (Fsp3) is 0.308. The molecule has 0 saturated carbocycles. The van der Waals surface area contributed by atoms with E-state index in [2.05, 4.69) is 9.98 Å². The lowest BCUT2D eigenvalue weighted by atomic mass is 9.97. The van der Waals surface area contributed by atoms with E-state index in [9.17, 15) is 4.79 Å². The second-order valence-corrected chi connectivity index (χ2v) is 4.84. The first-order chi connectivity index (χ1) is 7.97. The number of aromatic nitrogens is 1. The predicted octanol–water partition coefficient (Wildman–Crippen LogP) is 2.42. The van der Waals surface area contributed by atoms with Crippen molar-refractivity contribution in [1.29, 1.82) is 0 Å². The lowest BCUT2D eigenvalue weighted by Gasteiger charge is -2.15. The highest BCUT2D eigenvalue weighted by Gasteiger charge is 2.31. The third kappa shape index (κ3) is 2.58. The summed E-state index contributed by atoms with van der Waals surface area (Å²) in [6.45, 7) is 5.84. The van der Waals surface area contributed by atoms with E-state index in [1.54, 1.807) is 12.3 Å². The van der Waals surface area contributed by atoms with Gasteiger partial charge >= 0.3 is 5.97 Å². The van der Waals surface area contributed by atoms with Crippen molar-refractivity contribution in [2.75, 3.05) is 0 Å². The molecule has 0 spiro atoms. The first-order valence-corrected chi connectivity index (χ1v) is 5.41. The van der Waals surface area contributed by atoms with Gasteiger partial charge in [0.05, 0.1) is 5.69 Å². The van der Waals surface area contributed by atoms with Crippen molar-refractivity contribution in [2.45, 2.75) is 20.8 Å². The molecular formula is C13H14N2O2. The molecule has 4 nitrogen and oxygen atoms in total. The summed E-state index contributed by atoms with van der Waals surface area (Å²) in [6, 6.07) is 5.48. The van der Waals surface area contributed by atoms with Crippen molar-refractivity contribution in [3.8, 4) is 0 Å². The van der Waals surface area contributed by atoms with Crippen LogP contribution in [-0.2, 0) is 9.53 Å². The number of nitrogens with zero attached hydrogens (tertiary/aromatic N) is 2. The van der Waals surface area contributed by atoms with Crippen molar-refractivity contribution in [3.63, 3.8) is 0 Å². The average Bonchev–Trinajstić information content (AvgIpc) is 2.62. The van der Waals surface area contributed by atoms with Crippen LogP contribution < -0.4 is 0 Å². The van der Waals surface area contributed by atoms with Gasteiger partial charge in [0.1, 0.15) is 0 Å². The third-order valence-electron chi connectivity index (χ3n) is 2.23. The maximum atomic E-state index is 11.6. The predicted molar refractivity (Wildman–Crippen MR) is 65.2 cm³/mol. The smallest absolute Gasteiger partial charge is 0.363 e. The van der Waals surface area contributed by atoms with E-state index in [4.69, 9.17) is 4.74 Å². The molecule has 2 heterocycles. The van der Waals surface area contributed by atoms with E-state index in [-0.39, 0.29) is 5.41 Å². The molecule has 0 atom stereocenters. The number of pyridine rings is 1. The van der Waals surface area contributed by atoms with Crippen LogP contribution in [0, 0.1) is 5.41 Å². The van der Waals surface area contributed by atoms with Gasteiger partial charge in [0.2, 0.25) is 5.90 Å². The molecule has 0 N–H and O–H groups in total. The summed E-state index contributed by atoms with van der Waals surface area (Å²) in [5.74, 6) is 0.0326. The first-order valence-electron chi connectivity index (χ1n) is 5.41. The van der Waals surface area contributed by atoms with Gasteiger partial charge in [-0.1, -0.05) is 26.8 Å². The molecule has 17 heavy (non-hydrogen) atoms. The highest BCUT2D eigenvalue weighted by Crippen LogP contribution is 2.25. The zero-order valence-corrected chi connectivity index (χ0v) is 10.1. The Morgan fingerprint density at radius 2 is 2.06 bits per heavy atom. The van der Waals surface area contributed by atoms with E-state index >= 15 is 0 Å². The Morgan fingerprint density at radius 3 is 2.59 bits per heavy atom. The molecule has 0 bridgehead atoms. The lowest BCUT2D eigenvalue weighted by Crippen LogP contribution is -2.21. The number of cyclic esters (lactones) is 1. The summed E-state index contributed by atoms with van der Waals surface area (Å²) < 4.78 is 5.13. The van der Waals surface area contributed by atoms with Gasteiger partial charge in [0.25, 0.3) is 0 Å². The molecule has 1 aromatic heterocycles. The molecule has 0 fully saturated rings. The van der Waals surface area contributed by atoms with Crippen LogP contribution in [-0.4, -0.2) is 16.9 Å². The van der Waals surface area contributed by atoms with Crippen molar-refractivity contribution in [3.05, 3.63) is 35.8 Å². The number of rotatable bonds is 1. The number of carbonyl (C=O) groups excluding carboxylic acids is 1. The van der Waals surface area contributed by atoms with Gasteiger partial charge in [0.15, 0.2) is 5.70 Å². The zero-order valence-electron chi connectivity index (χ0n) is 10.1. The number of aliphatic imine (C=N–C) groups is 1. The van der Waals surface area contributed by atoms with E-state index in [1.165, 1.54) is 0 Å². The molecule has 1 aliphatic heterocycles. The van der Waals surface area contributed by atoms with Crippen LogP contribution in [0.3, 0.4) is 0 Å². The normalized spacial score (nSPS) is 18.2. The van der Waals surface area contributed by atoms with Crippen molar-refractivity contribution in [1.82, 2.24) is 4.98 Å². The van der Waals surface area contributed by atoms with Crippen LogP contribution in [0.4, 0.5) is 0 Å². The first kappa shape index (κ1) is 11.5. The molecule has 0 aliphatic carbocycles. The minimum atomic E-state index is -0.416. The maximum Gasteiger partial charge on any atom is 0.363 e. The van der Waals surface area contributed by atoms with Crippen molar-refractivity contribution >= 4 is 17.9 Å². The number of ether oxygens (including phenoxy) is 1. The summed E-state index contributed by atoms with van der Waals surface area (Å²) in [7, 11) is 0. The van der Waals surface area contributed by atoms with Crippen molar-refractivity contribution < 1.29 is 9.53 Å². The highest BCUT2D eigenvalue weighted by atomic mass is 16.6. The van der Waals surface area contributed by atoms with Gasteiger partial charge in [-0.2, -0.15) is 0 Å². The molecule has 2 rings (SSSR count). The topological polar surface area (TPSA) is 51.5 Å². The Kier molecular flexibility index (Phi) is 2.79. The largest absolute Gasteiger partial charge is 0.406 e. The third-order valence-corrected chi connectivity index (χ3v) is 2.23. The fourth-order valence-corrected chi connectivity index (χ4v) is 1.33. The molecule has 0 aromatic carbocycles. The van der Waals surface area contributed by atoms with E-state index in [0.717, 1.165) is 0 Å². The number of hydrogen-bond acceptors (Lipinski definition) is 4. The molecule has 0 amide bonds. The molecule has 1 aromatic rings. The zero-order chi connectivity index (χ0) is 12.5. The SMILES string of the molecule is CC(C)(C)C1=N/C(=C\c2ccccn2)C(=O)O1. The molecular weight excluding hydrogens is 216 g/mol. The van der Waals surface area contributed by atoms with Crippen LogP contribution in [0.1, 0.15) is 26.5 Å². The van der Waals surface area contributed by atoms with Crippen LogP contribution in [0.25, 0.3) is 6.08 Å². The summed E-state index contributed by atoms with van der Waals surface area (Å²) >= 11 is 0. The van der Waals surface area contributed by atoms with Gasteiger partial charge in [-0.25, -0.2) is 9.79 Å². The van der Waals surface area contributed by atoms with E-state index < -0.39 is 5.97 Å². The van der Waals surface area contributed by atoms with Gasteiger partial charge in [-0.05, 0) is 18.2 Å². The minimum Gasteiger partial charge on any atom is -0.406 e. The van der Waals surface area contributed by atoms with Crippen LogP contribution >= 0.6 is 0 Å². The standard InChI is InChI=1S/C13H14N2O2/c1-13(2,3)12-15-10(11(16)17-12)8-9-6-4-5-7-14-9/h4-8H,1-3H3/b10-8-. The minimum absolute atomic E-state index is 0.268. The quantitative estimate of drug-likeness (QED) is 0.550. The number of carbonyl (C=O) groups is 1. The maximum absolute atomic E-state index is 11.6. The Labute approximate surface area is 100 Å². The average molecular weight is 230 g/mol. The fourth-order valence-electron chi connectivity index (χ4n) is 1.33. The van der Waals surface area contributed by atoms with Crippen LogP contribution in [0.5, 0.6) is 0 Å². The number of esters is 1. The van der Waals surface area contributed by atoms with Crippen LogP contribution in [0.2, 0.25) is 0 Å².